The van der Waals surface area contributed by atoms with Crippen LogP contribution in [0.25, 0.3) is 0 Å². The Morgan fingerprint density at radius 2 is 1.95 bits per heavy atom. The van der Waals surface area contributed by atoms with Gasteiger partial charge in [-0.25, -0.2) is 0 Å². The van der Waals surface area contributed by atoms with Gasteiger partial charge in [-0.1, -0.05) is 46.3 Å². The zero-order valence-corrected chi connectivity index (χ0v) is 13.9. The molecule has 3 nitrogen and oxygen atoms in total. The molecule has 0 aliphatic heterocycles. The van der Waals surface area contributed by atoms with Crippen LogP contribution in [0.1, 0.15) is 24.1 Å². The van der Waals surface area contributed by atoms with E-state index in [0.717, 1.165) is 15.7 Å². The molecule has 0 aliphatic rings. The van der Waals surface area contributed by atoms with E-state index >= 15 is 0 Å². The lowest BCUT2D eigenvalue weighted by molar-refractivity contribution is -0.682. The molecule has 0 bridgehead atoms. The Labute approximate surface area is 133 Å². The molecule has 21 heavy (non-hydrogen) atoms. The first kappa shape index (κ1) is 15.7. The van der Waals surface area contributed by atoms with Gasteiger partial charge in [0, 0.05) is 15.7 Å². The fourth-order valence-electron chi connectivity index (χ4n) is 2.15. The van der Waals surface area contributed by atoms with E-state index in [1.165, 1.54) is 5.56 Å². The number of nitrogens with two attached hydrogens (primary N) is 1. The van der Waals surface area contributed by atoms with E-state index in [1.807, 2.05) is 48.6 Å². The highest BCUT2D eigenvalue weighted by Crippen LogP contribution is 2.19. The molecule has 110 valence electrons. The predicted molar refractivity (Wildman–Crippen MR) is 89.2 cm³/mol. The van der Waals surface area contributed by atoms with E-state index in [-0.39, 0.29) is 11.9 Å². The Hall–Kier alpha value is -1.65. The standard InChI is InChI=1S/C17H19BrN2O/c1-12-10-15(18)8-9-16(12)20-17(21)11-19-13(2)14-6-4-3-5-7-14/h3-10,13,19H,11H2,1-2H3,(H,20,21)/p+1/t13-/m1/s1. The van der Waals surface area contributed by atoms with E-state index < -0.39 is 0 Å². The summed E-state index contributed by atoms with van der Waals surface area (Å²) in [7, 11) is 0. The number of rotatable bonds is 5. The van der Waals surface area contributed by atoms with E-state index in [4.69, 9.17) is 0 Å². The van der Waals surface area contributed by atoms with Crippen molar-refractivity contribution in [3.8, 4) is 0 Å². The van der Waals surface area contributed by atoms with Gasteiger partial charge in [0.2, 0.25) is 0 Å². The summed E-state index contributed by atoms with van der Waals surface area (Å²) in [6.45, 7) is 4.50. The van der Waals surface area contributed by atoms with Gasteiger partial charge in [-0.2, -0.15) is 0 Å². The van der Waals surface area contributed by atoms with Crippen LogP contribution in [0, 0.1) is 6.92 Å². The van der Waals surface area contributed by atoms with Crippen molar-refractivity contribution in [1.29, 1.82) is 0 Å². The average Bonchev–Trinajstić information content (AvgIpc) is 2.48. The number of hydrogen-bond donors (Lipinski definition) is 2. The van der Waals surface area contributed by atoms with Gasteiger partial charge in [-0.15, -0.1) is 0 Å². The normalized spacial score (nSPS) is 12.0. The molecule has 0 spiro atoms. The van der Waals surface area contributed by atoms with Gasteiger partial charge < -0.3 is 10.6 Å². The molecule has 3 N–H and O–H groups in total. The van der Waals surface area contributed by atoms with Gasteiger partial charge in [0.1, 0.15) is 6.04 Å². The van der Waals surface area contributed by atoms with Crippen molar-refractivity contribution >= 4 is 27.5 Å². The minimum Gasteiger partial charge on any atom is -0.333 e. The van der Waals surface area contributed by atoms with Crippen LogP contribution in [0.5, 0.6) is 0 Å². The summed E-state index contributed by atoms with van der Waals surface area (Å²) in [6, 6.07) is 16.3. The summed E-state index contributed by atoms with van der Waals surface area (Å²) in [5.74, 6) is 0.0169. The summed E-state index contributed by atoms with van der Waals surface area (Å²) in [6.07, 6.45) is 0. The molecule has 2 aromatic carbocycles. The van der Waals surface area contributed by atoms with E-state index in [2.05, 4.69) is 40.3 Å². The lowest BCUT2D eigenvalue weighted by atomic mass is 10.1. The number of carbonyl (C=O) groups is 1. The lowest BCUT2D eigenvalue weighted by Gasteiger charge is -2.12. The number of halogens is 1. The Morgan fingerprint density at radius 3 is 2.62 bits per heavy atom. The van der Waals surface area contributed by atoms with Gasteiger partial charge in [0.05, 0.1) is 0 Å². The molecule has 1 atom stereocenters. The monoisotopic (exact) mass is 347 g/mol. The molecule has 0 saturated heterocycles. The van der Waals surface area contributed by atoms with Gasteiger partial charge in [-0.05, 0) is 37.6 Å². The second-order valence-electron chi connectivity index (χ2n) is 5.15. The molecule has 4 heteroatoms. The molecular weight excluding hydrogens is 328 g/mol. The quantitative estimate of drug-likeness (QED) is 0.857. The molecule has 0 saturated carbocycles. The summed E-state index contributed by atoms with van der Waals surface area (Å²) in [5.41, 5.74) is 3.14. The summed E-state index contributed by atoms with van der Waals surface area (Å²) >= 11 is 3.42. The molecule has 0 aliphatic carbocycles. The predicted octanol–water partition coefficient (Wildman–Crippen LogP) is 3.02. The van der Waals surface area contributed by atoms with Crippen molar-refractivity contribution in [2.24, 2.45) is 0 Å². The fraction of sp³-hybridized carbons (Fsp3) is 0.235. The van der Waals surface area contributed by atoms with Crippen LogP contribution in [0.3, 0.4) is 0 Å². The molecule has 0 fully saturated rings. The maximum absolute atomic E-state index is 12.0. The van der Waals surface area contributed by atoms with Crippen LogP contribution in [-0.2, 0) is 4.79 Å². The zero-order chi connectivity index (χ0) is 15.2. The van der Waals surface area contributed by atoms with E-state index in [9.17, 15) is 4.79 Å². The first-order valence-electron chi connectivity index (χ1n) is 7.00. The van der Waals surface area contributed by atoms with Gasteiger partial charge in [0.15, 0.2) is 6.54 Å². The SMILES string of the molecule is Cc1cc(Br)ccc1NC(=O)C[NH2+][C@H](C)c1ccccc1. The second kappa shape index (κ2) is 7.38. The first-order valence-corrected chi connectivity index (χ1v) is 7.80. The summed E-state index contributed by atoms with van der Waals surface area (Å²) < 4.78 is 1.02. The van der Waals surface area contributed by atoms with Gasteiger partial charge in [-0.3, -0.25) is 4.79 Å². The number of nitrogens with one attached hydrogen (secondary N) is 1. The Balaban J connectivity index is 1.87. The van der Waals surface area contributed by atoms with Crippen LogP contribution in [0.4, 0.5) is 5.69 Å². The smallest absolute Gasteiger partial charge is 0.279 e. The molecule has 0 aromatic heterocycles. The highest BCUT2D eigenvalue weighted by molar-refractivity contribution is 9.10. The highest BCUT2D eigenvalue weighted by atomic mass is 79.9. The number of amides is 1. The maximum Gasteiger partial charge on any atom is 0.279 e. The molecule has 0 unspecified atom stereocenters. The molecule has 2 rings (SSSR count). The van der Waals surface area contributed by atoms with Gasteiger partial charge in [0.25, 0.3) is 5.91 Å². The van der Waals surface area contributed by atoms with Crippen molar-refractivity contribution in [2.45, 2.75) is 19.9 Å². The summed E-state index contributed by atoms with van der Waals surface area (Å²) in [5, 5.41) is 4.99. The third-order valence-corrected chi connectivity index (χ3v) is 3.94. The minimum absolute atomic E-state index is 0.0169. The highest BCUT2D eigenvalue weighted by Gasteiger charge is 2.11. The minimum atomic E-state index is 0.0169. The van der Waals surface area contributed by atoms with Gasteiger partial charge >= 0.3 is 0 Å². The van der Waals surface area contributed by atoms with Crippen molar-refractivity contribution in [3.05, 3.63) is 64.1 Å². The van der Waals surface area contributed by atoms with Crippen molar-refractivity contribution in [3.63, 3.8) is 0 Å². The van der Waals surface area contributed by atoms with Crippen LogP contribution >= 0.6 is 15.9 Å². The molecule has 1 amide bonds. The first-order chi connectivity index (χ1) is 10.1. The lowest BCUT2D eigenvalue weighted by Crippen LogP contribution is -2.86. The average molecular weight is 348 g/mol. The fourth-order valence-corrected chi connectivity index (χ4v) is 2.62. The number of benzene rings is 2. The molecular formula is C17H20BrN2O+. The zero-order valence-electron chi connectivity index (χ0n) is 12.3. The third kappa shape index (κ3) is 4.69. The van der Waals surface area contributed by atoms with Crippen molar-refractivity contribution in [2.75, 3.05) is 11.9 Å². The number of carbonyl (C=O) groups excluding carboxylic acids is 1. The van der Waals surface area contributed by atoms with Crippen molar-refractivity contribution in [1.82, 2.24) is 0 Å². The number of hydrogen-bond acceptors (Lipinski definition) is 1. The van der Waals surface area contributed by atoms with Crippen LogP contribution in [0.15, 0.2) is 53.0 Å². The maximum atomic E-state index is 12.0. The second-order valence-corrected chi connectivity index (χ2v) is 6.06. The third-order valence-electron chi connectivity index (χ3n) is 3.44. The van der Waals surface area contributed by atoms with Crippen LogP contribution in [-0.4, -0.2) is 12.5 Å². The molecule has 0 heterocycles. The van der Waals surface area contributed by atoms with Crippen LogP contribution in [0.2, 0.25) is 0 Å². The number of anilines is 1. The molecule has 2 aromatic rings. The van der Waals surface area contributed by atoms with Crippen LogP contribution < -0.4 is 10.6 Å². The van der Waals surface area contributed by atoms with Crippen molar-refractivity contribution < 1.29 is 10.1 Å². The Kier molecular flexibility index (Phi) is 5.53. The number of aryl methyl sites for hydroxylation is 1. The number of quaternary nitrogens is 1. The molecule has 0 radical (unpaired) electrons. The van der Waals surface area contributed by atoms with E-state index in [1.54, 1.807) is 0 Å². The summed E-state index contributed by atoms with van der Waals surface area (Å²) in [4.78, 5) is 12.0. The topological polar surface area (TPSA) is 45.7 Å². The Bertz CT molecular complexity index is 613. The van der Waals surface area contributed by atoms with E-state index in [0.29, 0.717) is 6.54 Å². The Morgan fingerprint density at radius 1 is 1.24 bits per heavy atom. The largest absolute Gasteiger partial charge is 0.333 e.